The van der Waals surface area contributed by atoms with Gasteiger partial charge in [0.1, 0.15) is 5.70 Å². The Hall–Kier alpha value is -3.44. The molecule has 2 N–H and O–H groups in total. The number of hydrogen-bond donors (Lipinski definition) is 2. The predicted octanol–water partition coefficient (Wildman–Crippen LogP) is 4.14. The first kappa shape index (κ1) is 18.4. The largest absolute Gasteiger partial charge is 0.319 e. The van der Waals surface area contributed by atoms with Gasteiger partial charge >= 0.3 is 0 Å². The first-order valence-corrected chi connectivity index (χ1v) is 8.55. The van der Waals surface area contributed by atoms with Crippen molar-refractivity contribution >= 4 is 35.2 Å². The molecule has 0 aliphatic carbocycles. The Kier molecular flexibility index (Phi) is 5.97. The number of halogens is 1. The Morgan fingerprint density at radius 3 is 2.37 bits per heavy atom. The zero-order valence-corrected chi connectivity index (χ0v) is 15.0. The minimum atomic E-state index is -0.490. The van der Waals surface area contributed by atoms with Crippen molar-refractivity contribution in [1.82, 2.24) is 10.3 Å². The molecule has 0 atom stereocenters. The summed E-state index contributed by atoms with van der Waals surface area (Å²) in [7, 11) is 0. The number of pyridine rings is 1. The van der Waals surface area contributed by atoms with Crippen molar-refractivity contribution in [3.63, 3.8) is 0 Å². The Bertz CT molecular complexity index is 973. The van der Waals surface area contributed by atoms with Crippen LogP contribution in [0.2, 0.25) is 5.02 Å². The third kappa shape index (κ3) is 5.03. The summed E-state index contributed by atoms with van der Waals surface area (Å²) >= 11 is 6.10. The maximum atomic E-state index is 12.8. The summed E-state index contributed by atoms with van der Waals surface area (Å²) < 4.78 is 0. The zero-order valence-electron chi connectivity index (χ0n) is 14.2. The molecule has 1 heterocycles. The summed E-state index contributed by atoms with van der Waals surface area (Å²) in [5, 5.41) is 5.78. The summed E-state index contributed by atoms with van der Waals surface area (Å²) in [5.41, 5.74) is 1.65. The average Bonchev–Trinajstić information content (AvgIpc) is 2.70. The third-order valence-corrected chi connectivity index (χ3v) is 3.98. The monoisotopic (exact) mass is 377 g/mol. The highest BCUT2D eigenvalue weighted by Gasteiger charge is 2.15. The van der Waals surface area contributed by atoms with E-state index in [2.05, 4.69) is 15.6 Å². The van der Waals surface area contributed by atoms with E-state index in [1.54, 1.807) is 79.1 Å². The van der Waals surface area contributed by atoms with Crippen molar-refractivity contribution in [2.24, 2.45) is 0 Å². The molecule has 0 bridgehead atoms. The summed E-state index contributed by atoms with van der Waals surface area (Å²) in [6.45, 7) is 0. The lowest BCUT2D eigenvalue weighted by Crippen LogP contribution is -2.30. The fourth-order valence-corrected chi connectivity index (χ4v) is 2.51. The van der Waals surface area contributed by atoms with Gasteiger partial charge in [-0.1, -0.05) is 48.0 Å². The SMILES string of the molecule is O=C(Nc1ccccc1Cl)/C(=C\c1cccnc1)NC(=O)c1ccccc1. The van der Waals surface area contributed by atoms with Crippen LogP contribution < -0.4 is 10.6 Å². The summed E-state index contributed by atoms with van der Waals surface area (Å²) in [4.78, 5) is 29.3. The Labute approximate surface area is 161 Å². The van der Waals surface area contributed by atoms with Crippen molar-refractivity contribution < 1.29 is 9.59 Å². The molecule has 0 spiro atoms. The normalized spacial score (nSPS) is 10.9. The maximum absolute atomic E-state index is 12.8. The smallest absolute Gasteiger partial charge is 0.272 e. The fraction of sp³-hybridized carbons (Fsp3) is 0. The molecule has 27 heavy (non-hydrogen) atoms. The van der Waals surface area contributed by atoms with Crippen LogP contribution in [0.1, 0.15) is 15.9 Å². The van der Waals surface area contributed by atoms with Gasteiger partial charge in [0, 0.05) is 18.0 Å². The van der Waals surface area contributed by atoms with Crippen LogP contribution in [-0.4, -0.2) is 16.8 Å². The van der Waals surface area contributed by atoms with E-state index < -0.39 is 5.91 Å². The first-order valence-electron chi connectivity index (χ1n) is 8.17. The lowest BCUT2D eigenvalue weighted by molar-refractivity contribution is -0.113. The van der Waals surface area contributed by atoms with Crippen LogP contribution in [0.3, 0.4) is 0 Å². The highest BCUT2D eigenvalue weighted by molar-refractivity contribution is 6.34. The molecule has 5 nitrogen and oxygen atoms in total. The number of anilines is 1. The molecule has 134 valence electrons. The molecule has 0 radical (unpaired) electrons. The van der Waals surface area contributed by atoms with E-state index in [1.165, 1.54) is 0 Å². The number of nitrogens with zero attached hydrogens (tertiary/aromatic N) is 1. The second-order valence-corrected chi connectivity index (χ2v) is 6.01. The Morgan fingerprint density at radius 2 is 1.67 bits per heavy atom. The number of hydrogen-bond acceptors (Lipinski definition) is 3. The van der Waals surface area contributed by atoms with Crippen molar-refractivity contribution in [2.45, 2.75) is 0 Å². The molecule has 0 aliphatic rings. The molecule has 2 amide bonds. The molecule has 0 saturated heterocycles. The van der Waals surface area contributed by atoms with Crippen LogP contribution in [-0.2, 0) is 4.79 Å². The van der Waals surface area contributed by atoms with Crippen LogP contribution in [0.15, 0.2) is 84.8 Å². The number of aromatic nitrogens is 1. The van der Waals surface area contributed by atoms with Gasteiger partial charge < -0.3 is 10.6 Å². The van der Waals surface area contributed by atoms with Gasteiger partial charge in [-0.05, 0) is 42.0 Å². The summed E-state index contributed by atoms with van der Waals surface area (Å²) in [5.74, 6) is -0.878. The Balaban J connectivity index is 1.88. The Morgan fingerprint density at radius 1 is 0.926 bits per heavy atom. The number of benzene rings is 2. The molecule has 1 aromatic heterocycles. The zero-order chi connectivity index (χ0) is 19.1. The van der Waals surface area contributed by atoms with E-state index >= 15 is 0 Å². The van der Waals surface area contributed by atoms with Gasteiger partial charge in [-0.2, -0.15) is 0 Å². The minimum absolute atomic E-state index is 0.0803. The molecule has 3 rings (SSSR count). The van der Waals surface area contributed by atoms with Crippen molar-refractivity contribution in [1.29, 1.82) is 0 Å². The molecular formula is C21H16ClN3O2. The predicted molar refractivity (Wildman–Crippen MR) is 106 cm³/mol. The van der Waals surface area contributed by atoms with Gasteiger partial charge in [0.15, 0.2) is 0 Å². The first-order chi connectivity index (χ1) is 13.1. The number of carbonyl (C=O) groups excluding carboxylic acids is 2. The molecule has 6 heteroatoms. The second-order valence-electron chi connectivity index (χ2n) is 5.60. The van der Waals surface area contributed by atoms with Crippen LogP contribution in [0.5, 0.6) is 0 Å². The molecule has 0 unspecified atom stereocenters. The molecule has 0 saturated carbocycles. The van der Waals surface area contributed by atoms with E-state index in [-0.39, 0.29) is 11.6 Å². The van der Waals surface area contributed by atoms with Crippen LogP contribution >= 0.6 is 11.6 Å². The van der Waals surface area contributed by atoms with Gasteiger partial charge in [0.2, 0.25) is 0 Å². The number of rotatable bonds is 5. The van der Waals surface area contributed by atoms with E-state index in [1.807, 2.05) is 6.07 Å². The minimum Gasteiger partial charge on any atom is -0.319 e. The molecule has 3 aromatic rings. The molecular weight excluding hydrogens is 362 g/mol. The van der Waals surface area contributed by atoms with Crippen LogP contribution in [0.4, 0.5) is 5.69 Å². The number of amides is 2. The van der Waals surface area contributed by atoms with Gasteiger partial charge in [-0.15, -0.1) is 0 Å². The van der Waals surface area contributed by atoms with Crippen molar-refractivity contribution in [3.8, 4) is 0 Å². The van der Waals surface area contributed by atoms with Gasteiger partial charge in [-0.25, -0.2) is 0 Å². The van der Waals surface area contributed by atoms with Gasteiger partial charge in [0.25, 0.3) is 11.8 Å². The topological polar surface area (TPSA) is 71.1 Å². The highest BCUT2D eigenvalue weighted by atomic mass is 35.5. The van der Waals surface area contributed by atoms with Crippen LogP contribution in [0.25, 0.3) is 6.08 Å². The fourth-order valence-electron chi connectivity index (χ4n) is 2.32. The van der Waals surface area contributed by atoms with Gasteiger partial charge in [-0.3, -0.25) is 14.6 Å². The average molecular weight is 378 g/mol. The summed E-state index contributed by atoms with van der Waals surface area (Å²) in [6.07, 6.45) is 4.78. The maximum Gasteiger partial charge on any atom is 0.272 e. The molecule has 0 fully saturated rings. The standard InChI is InChI=1S/C21H16ClN3O2/c22-17-10-4-5-11-18(17)24-21(27)19(13-15-7-6-12-23-14-15)25-20(26)16-8-2-1-3-9-16/h1-14H,(H,24,27)(H,25,26)/b19-13+. The van der Waals surface area contributed by atoms with E-state index in [0.717, 1.165) is 0 Å². The quantitative estimate of drug-likeness (QED) is 0.656. The lowest BCUT2D eigenvalue weighted by atomic mass is 10.2. The van der Waals surface area contributed by atoms with E-state index in [4.69, 9.17) is 11.6 Å². The summed E-state index contributed by atoms with van der Waals surface area (Å²) in [6, 6.07) is 19.1. The number of nitrogens with one attached hydrogen (secondary N) is 2. The number of carbonyl (C=O) groups is 2. The van der Waals surface area contributed by atoms with E-state index in [9.17, 15) is 9.59 Å². The third-order valence-electron chi connectivity index (χ3n) is 3.65. The molecule has 2 aromatic carbocycles. The van der Waals surface area contributed by atoms with E-state index in [0.29, 0.717) is 21.8 Å². The van der Waals surface area contributed by atoms with Crippen molar-refractivity contribution in [2.75, 3.05) is 5.32 Å². The highest BCUT2D eigenvalue weighted by Crippen LogP contribution is 2.21. The van der Waals surface area contributed by atoms with Crippen LogP contribution in [0, 0.1) is 0 Å². The lowest BCUT2D eigenvalue weighted by Gasteiger charge is -2.12. The van der Waals surface area contributed by atoms with Crippen molar-refractivity contribution in [3.05, 3.63) is 101 Å². The number of para-hydroxylation sites is 1. The second kappa shape index (κ2) is 8.78. The van der Waals surface area contributed by atoms with Gasteiger partial charge in [0.05, 0.1) is 10.7 Å². The molecule has 0 aliphatic heterocycles.